The molecule has 1 atom stereocenters. The van der Waals surface area contributed by atoms with Gasteiger partial charge in [0.05, 0.1) is 19.3 Å². The van der Waals surface area contributed by atoms with Gasteiger partial charge in [-0.05, 0) is 37.9 Å². The molecule has 0 spiro atoms. The fourth-order valence-electron chi connectivity index (χ4n) is 4.41. The minimum Gasteiger partial charge on any atom is -0.379 e. The van der Waals surface area contributed by atoms with Crippen molar-refractivity contribution in [2.45, 2.75) is 44.2 Å². The Labute approximate surface area is 128 Å². The number of nitrogens with one attached hydrogen (secondary N) is 1. The summed E-state index contributed by atoms with van der Waals surface area (Å²) < 4.78 is 5.59. The molecule has 0 radical (unpaired) electrons. The highest BCUT2D eigenvalue weighted by Gasteiger charge is 2.46. The Bertz CT molecular complexity index is 462. The van der Waals surface area contributed by atoms with Crippen LogP contribution in [0.3, 0.4) is 0 Å². The van der Waals surface area contributed by atoms with Gasteiger partial charge in [-0.2, -0.15) is 0 Å². The van der Waals surface area contributed by atoms with Gasteiger partial charge in [0, 0.05) is 18.6 Å². The molecule has 1 heterocycles. The largest absolute Gasteiger partial charge is 0.379 e. The first-order chi connectivity index (χ1) is 10.3. The van der Waals surface area contributed by atoms with Crippen LogP contribution in [-0.4, -0.2) is 43.8 Å². The Hall–Kier alpha value is -0.900. The van der Waals surface area contributed by atoms with Crippen LogP contribution in [0, 0.1) is 6.92 Å². The van der Waals surface area contributed by atoms with Crippen molar-refractivity contribution in [3.05, 3.63) is 35.4 Å². The first-order valence-electron chi connectivity index (χ1n) is 8.33. The molecule has 3 heteroatoms. The van der Waals surface area contributed by atoms with Crippen molar-refractivity contribution in [2.75, 3.05) is 33.4 Å². The molecule has 1 N–H and O–H groups in total. The third-order valence-corrected chi connectivity index (χ3v) is 5.44. The molecular weight excluding hydrogens is 260 g/mol. The molecule has 1 aliphatic heterocycles. The zero-order valence-electron chi connectivity index (χ0n) is 13.4. The summed E-state index contributed by atoms with van der Waals surface area (Å²) in [5.74, 6) is 0. The number of nitrogens with zero attached hydrogens (tertiary/aromatic N) is 1. The summed E-state index contributed by atoms with van der Waals surface area (Å²) in [6, 6.07) is 9.27. The molecule has 0 bridgehead atoms. The van der Waals surface area contributed by atoms with Gasteiger partial charge in [-0.1, -0.05) is 37.1 Å². The summed E-state index contributed by atoms with van der Waals surface area (Å²) in [6.45, 7) is 6.15. The van der Waals surface area contributed by atoms with Crippen LogP contribution in [0.2, 0.25) is 0 Å². The summed E-state index contributed by atoms with van der Waals surface area (Å²) >= 11 is 0. The molecule has 116 valence electrons. The molecule has 21 heavy (non-hydrogen) atoms. The summed E-state index contributed by atoms with van der Waals surface area (Å²) in [7, 11) is 2.12. The number of rotatable bonds is 4. The molecule has 1 unspecified atom stereocenters. The minimum absolute atomic E-state index is 0.268. The standard InChI is InChI=1S/C18H28N2O/c1-15-7-3-4-8-16(15)17(19-2)18(9-5-6-10-18)20-11-13-21-14-12-20/h3-4,7-8,17,19H,5-6,9-14H2,1-2H3. The van der Waals surface area contributed by atoms with E-state index in [9.17, 15) is 0 Å². The van der Waals surface area contributed by atoms with Gasteiger partial charge in [-0.3, -0.25) is 4.90 Å². The second kappa shape index (κ2) is 6.47. The van der Waals surface area contributed by atoms with Crippen LogP contribution in [0.15, 0.2) is 24.3 Å². The normalized spacial score (nSPS) is 24.1. The average Bonchev–Trinajstić information content (AvgIpc) is 3.01. The lowest BCUT2D eigenvalue weighted by molar-refractivity contribution is -0.0354. The predicted octanol–water partition coefficient (Wildman–Crippen LogP) is 2.90. The monoisotopic (exact) mass is 288 g/mol. The zero-order chi connectivity index (χ0) is 14.7. The molecule has 1 aromatic carbocycles. The van der Waals surface area contributed by atoms with Gasteiger partial charge in [-0.15, -0.1) is 0 Å². The molecule has 3 rings (SSSR count). The molecule has 2 aliphatic rings. The van der Waals surface area contributed by atoms with Gasteiger partial charge >= 0.3 is 0 Å². The van der Waals surface area contributed by atoms with E-state index in [0.717, 1.165) is 26.3 Å². The zero-order valence-corrected chi connectivity index (χ0v) is 13.4. The maximum absolute atomic E-state index is 5.59. The van der Waals surface area contributed by atoms with E-state index >= 15 is 0 Å². The first-order valence-corrected chi connectivity index (χ1v) is 8.33. The predicted molar refractivity (Wildman–Crippen MR) is 86.6 cm³/mol. The van der Waals surface area contributed by atoms with E-state index < -0.39 is 0 Å². The van der Waals surface area contributed by atoms with Crippen LogP contribution in [0.1, 0.15) is 42.9 Å². The van der Waals surface area contributed by atoms with Gasteiger partial charge < -0.3 is 10.1 Å². The smallest absolute Gasteiger partial charge is 0.0594 e. The van der Waals surface area contributed by atoms with Crippen molar-refractivity contribution in [1.29, 1.82) is 0 Å². The summed E-state index contributed by atoms with van der Waals surface area (Å²) in [5, 5.41) is 3.66. The van der Waals surface area contributed by atoms with Crippen molar-refractivity contribution >= 4 is 0 Å². The number of ether oxygens (including phenoxy) is 1. The third kappa shape index (κ3) is 2.75. The SMILES string of the molecule is CNC(c1ccccc1C)C1(N2CCOCC2)CCCC1. The number of hydrogen-bond donors (Lipinski definition) is 1. The number of morpholine rings is 1. The molecule has 1 saturated carbocycles. The van der Waals surface area contributed by atoms with Gasteiger partial charge in [0.2, 0.25) is 0 Å². The highest BCUT2D eigenvalue weighted by molar-refractivity contribution is 5.32. The Morgan fingerprint density at radius 1 is 1.14 bits per heavy atom. The number of benzene rings is 1. The first kappa shape index (κ1) is 15.0. The molecule has 2 fully saturated rings. The van der Waals surface area contributed by atoms with E-state index in [4.69, 9.17) is 4.74 Å². The van der Waals surface area contributed by atoms with Gasteiger partial charge in [0.1, 0.15) is 0 Å². The lowest BCUT2D eigenvalue weighted by atomic mass is 9.80. The number of likely N-dealkylation sites (N-methyl/N-ethyl adjacent to an activating group) is 1. The molecule has 0 aromatic heterocycles. The van der Waals surface area contributed by atoms with Gasteiger partial charge in [-0.25, -0.2) is 0 Å². The topological polar surface area (TPSA) is 24.5 Å². The Morgan fingerprint density at radius 3 is 2.43 bits per heavy atom. The molecule has 1 saturated heterocycles. The number of aryl methyl sites for hydroxylation is 1. The van der Waals surface area contributed by atoms with Crippen LogP contribution in [-0.2, 0) is 4.74 Å². The maximum atomic E-state index is 5.59. The van der Waals surface area contributed by atoms with Crippen LogP contribution in [0.5, 0.6) is 0 Å². The fraction of sp³-hybridized carbons (Fsp3) is 0.667. The van der Waals surface area contributed by atoms with E-state index in [-0.39, 0.29) is 5.54 Å². The van der Waals surface area contributed by atoms with Gasteiger partial charge in [0.25, 0.3) is 0 Å². The van der Waals surface area contributed by atoms with Crippen molar-refractivity contribution in [2.24, 2.45) is 0 Å². The van der Waals surface area contributed by atoms with Crippen molar-refractivity contribution in [3.8, 4) is 0 Å². The lowest BCUT2D eigenvalue weighted by Crippen LogP contribution is -2.58. The second-order valence-corrected chi connectivity index (χ2v) is 6.49. The highest BCUT2D eigenvalue weighted by Crippen LogP contribution is 2.45. The molecular formula is C18H28N2O. The van der Waals surface area contributed by atoms with Crippen LogP contribution < -0.4 is 5.32 Å². The quantitative estimate of drug-likeness (QED) is 0.922. The minimum atomic E-state index is 0.268. The third-order valence-electron chi connectivity index (χ3n) is 5.44. The van der Waals surface area contributed by atoms with Crippen LogP contribution in [0.4, 0.5) is 0 Å². The van der Waals surface area contributed by atoms with Crippen molar-refractivity contribution < 1.29 is 4.74 Å². The fourth-order valence-corrected chi connectivity index (χ4v) is 4.41. The van der Waals surface area contributed by atoms with Gasteiger partial charge in [0.15, 0.2) is 0 Å². The average molecular weight is 288 g/mol. The highest BCUT2D eigenvalue weighted by atomic mass is 16.5. The van der Waals surface area contributed by atoms with E-state index in [2.05, 4.69) is 48.5 Å². The van der Waals surface area contributed by atoms with Crippen molar-refractivity contribution in [3.63, 3.8) is 0 Å². The lowest BCUT2D eigenvalue weighted by Gasteiger charge is -2.48. The molecule has 0 amide bonds. The van der Waals surface area contributed by atoms with Crippen LogP contribution >= 0.6 is 0 Å². The Kier molecular flexibility index (Phi) is 4.63. The maximum Gasteiger partial charge on any atom is 0.0594 e. The summed E-state index contributed by atoms with van der Waals surface area (Å²) in [5.41, 5.74) is 3.13. The van der Waals surface area contributed by atoms with E-state index in [1.54, 1.807) is 0 Å². The van der Waals surface area contributed by atoms with E-state index in [1.807, 2.05) is 0 Å². The van der Waals surface area contributed by atoms with Crippen molar-refractivity contribution in [1.82, 2.24) is 10.2 Å². The van der Waals surface area contributed by atoms with E-state index in [0.29, 0.717) is 6.04 Å². The Morgan fingerprint density at radius 2 is 1.81 bits per heavy atom. The summed E-state index contributed by atoms with van der Waals surface area (Å²) in [6.07, 6.45) is 5.29. The number of hydrogen-bond acceptors (Lipinski definition) is 3. The molecule has 1 aliphatic carbocycles. The van der Waals surface area contributed by atoms with E-state index in [1.165, 1.54) is 36.8 Å². The summed E-state index contributed by atoms with van der Waals surface area (Å²) in [4.78, 5) is 2.71. The second-order valence-electron chi connectivity index (χ2n) is 6.49. The van der Waals surface area contributed by atoms with Crippen LogP contribution in [0.25, 0.3) is 0 Å². The molecule has 1 aromatic rings. The molecule has 3 nitrogen and oxygen atoms in total. The Balaban J connectivity index is 1.96.